The van der Waals surface area contributed by atoms with E-state index in [0.717, 1.165) is 18.9 Å². The summed E-state index contributed by atoms with van der Waals surface area (Å²) < 4.78 is 18.6. The van der Waals surface area contributed by atoms with Crippen LogP contribution in [0.4, 0.5) is 15.8 Å². The largest absolute Gasteiger partial charge is 0.495 e. The van der Waals surface area contributed by atoms with Crippen molar-refractivity contribution in [2.75, 3.05) is 17.7 Å². The van der Waals surface area contributed by atoms with Crippen molar-refractivity contribution in [3.05, 3.63) is 76.2 Å². The number of anilines is 2. The first kappa shape index (κ1) is 20.5. The Hall–Kier alpha value is -3.19. The van der Waals surface area contributed by atoms with Gasteiger partial charge in [0.2, 0.25) is 5.91 Å². The number of rotatable bonds is 8. The summed E-state index contributed by atoms with van der Waals surface area (Å²) in [6.45, 7) is 0. The molecule has 2 N–H and O–H groups in total. The van der Waals surface area contributed by atoms with Crippen LogP contribution >= 0.6 is 11.3 Å². The molecule has 1 heterocycles. The van der Waals surface area contributed by atoms with E-state index in [9.17, 15) is 14.0 Å². The fourth-order valence-electron chi connectivity index (χ4n) is 2.81. The van der Waals surface area contributed by atoms with Crippen molar-refractivity contribution in [2.24, 2.45) is 0 Å². The lowest BCUT2D eigenvalue weighted by molar-refractivity contribution is -0.116. The predicted octanol–water partition coefficient (Wildman–Crippen LogP) is 5.11. The summed E-state index contributed by atoms with van der Waals surface area (Å²) in [6, 6.07) is 14.4. The monoisotopic (exact) mass is 412 g/mol. The standard InChI is InChI=1S/C22H21FN2O3S/c1-28-20-11-10-17(24-21(26)9-3-7-18-8-4-12-29-18)14-19(20)25-22(27)15-5-2-6-16(23)13-15/h2,4-6,8,10-14H,3,7,9H2,1H3,(H,24,26)(H,25,27). The quantitative estimate of drug-likeness (QED) is 0.540. The molecule has 5 nitrogen and oxygen atoms in total. The van der Waals surface area contributed by atoms with E-state index in [4.69, 9.17) is 4.74 Å². The average molecular weight is 412 g/mol. The molecule has 0 saturated carbocycles. The normalized spacial score (nSPS) is 10.4. The molecule has 29 heavy (non-hydrogen) atoms. The van der Waals surface area contributed by atoms with Crippen LogP contribution in [0.5, 0.6) is 5.75 Å². The molecule has 0 aliphatic rings. The number of nitrogens with one attached hydrogen (secondary N) is 2. The molecule has 0 aliphatic heterocycles. The first-order valence-electron chi connectivity index (χ1n) is 9.12. The minimum Gasteiger partial charge on any atom is -0.495 e. The SMILES string of the molecule is COc1ccc(NC(=O)CCCc2cccs2)cc1NC(=O)c1cccc(F)c1. The number of amides is 2. The number of carbonyl (C=O) groups is 2. The summed E-state index contributed by atoms with van der Waals surface area (Å²) in [7, 11) is 1.48. The van der Waals surface area contributed by atoms with E-state index in [-0.39, 0.29) is 11.5 Å². The van der Waals surface area contributed by atoms with Crippen LogP contribution in [0.2, 0.25) is 0 Å². The van der Waals surface area contributed by atoms with Crippen LogP contribution in [0, 0.1) is 5.82 Å². The van der Waals surface area contributed by atoms with E-state index < -0.39 is 11.7 Å². The van der Waals surface area contributed by atoms with Crippen LogP contribution < -0.4 is 15.4 Å². The third-order valence-electron chi connectivity index (χ3n) is 4.23. The van der Waals surface area contributed by atoms with Gasteiger partial charge in [0.15, 0.2) is 0 Å². The Bertz CT molecular complexity index is 989. The summed E-state index contributed by atoms with van der Waals surface area (Å²) >= 11 is 1.68. The van der Waals surface area contributed by atoms with Crippen molar-refractivity contribution in [1.82, 2.24) is 0 Å². The number of aryl methyl sites for hydroxylation is 1. The minimum absolute atomic E-state index is 0.103. The van der Waals surface area contributed by atoms with Gasteiger partial charge in [0.05, 0.1) is 12.8 Å². The van der Waals surface area contributed by atoms with Gasteiger partial charge in [0.25, 0.3) is 5.91 Å². The molecule has 3 rings (SSSR count). The third-order valence-corrected chi connectivity index (χ3v) is 5.16. The molecule has 0 aliphatic carbocycles. The van der Waals surface area contributed by atoms with E-state index in [0.29, 0.717) is 23.5 Å². The number of benzene rings is 2. The molecule has 0 bridgehead atoms. The summed E-state index contributed by atoms with van der Waals surface area (Å²) in [5, 5.41) is 7.55. The number of hydrogen-bond acceptors (Lipinski definition) is 4. The van der Waals surface area contributed by atoms with Gasteiger partial charge in [-0.25, -0.2) is 4.39 Å². The zero-order chi connectivity index (χ0) is 20.6. The molecule has 2 amide bonds. The molecular formula is C22H21FN2O3S. The highest BCUT2D eigenvalue weighted by Gasteiger charge is 2.12. The summed E-state index contributed by atoms with van der Waals surface area (Å²) in [6.07, 6.45) is 2.02. The van der Waals surface area contributed by atoms with Crippen molar-refractivity contribution in [1.29, 1.82) is 0 Å². The molecule has 7 heteroatoms. The maximum absolute atomic E-state index is 13.4. The van der Waals surface area contributed by atoms with Crippen molar-refractivity contribution >= 4 is 34.5 Å². The number of carbonyl (C=O) groups excluding carboxylic acids is 2. The van der Waals surface area contributed by atoms with Crippen molar-refractivity contribution < 1.29 is 18.7 Å². The summed E-state index contributed by atoms with van der Waals surface area (Å²) in [5.41, 5.74) is 1.12. The fourth-order valence-corrected chi connectivity index (χ4v) is 3.56. The topological polar surface area (TPSA) is 67.4 Å². The Labute approximate surface area is 172 Å². The molecule has 0 atom stereocenters. The van der Waals surface area contributed by atoms with Gasteiger partial charge in [-0.1, -0.05) is 12.1 Å². The predicted molar refractivity (Wildman–Crippen MR) is 113 cm³/mol. The zero-order valence-electron chi connectivity index (χ0n) is 15.9. The molecule has 0 fully saturated rings. The van der Waals surface area contributed by atoms with Gasteiger partial charge in [0.1, 0.15) is 11.6 Å². The first-order valence-corrected chi connectivity index (χ1v) is 10.0. The van der Waals surface area contributed by atoms with Gasteiger partial charge < -0.3 is 15.4 Å². The van der Waals surface area contributed by atoms with Gasteiger partial charge in [-0.15, -0.1) is 11.3 Å². The third kappa shape index (κ3) is 5.89. The molecule has 0 unspecified atom stereocenters. The van der Waals surface area contributed by atoms with Crippen LogP contribution in [0.3, 0.4) is 0 Å². The number of ether oxygens (including phenoxy) is 1. The van der Waals surface area contributed by atoms with E-state index >= 15 is 0 Å². The van der Waals surface area contributed by atoms with Gasteiger partial charge in [-0.3, -0.25) is 9.59 Å². The zero-order valence-corrected chi connectivity index (χ0v) is 16.7. The highest BCUT2D eigenvalue weighted by molar-refractivity contribution is 7.09. The molecular weight excluding hydrogens is 391 g/mol. The van der Waals surface area contributed by atoms with E-state index in [1.54, 1.807) is 29.5 Å². The van der Waals surface area contributed by atoms with Gasteiger partial charge in [-0.05, 0) is 60.7 Å². The summed E-state index contributed by atoms with van der Waals surface area (Å²) in [5.74, 6) is -0.630. The molecule has 0 radical (unpaired) electrons. The van der Waals surface area contributed by atoms with Gasteiger partial charge >= 0.3 is 0 Å². The van der Waals surface area contributed by atoms with Crippen molar-refractivity contribution in [3.8, 4) is 5.75 Å². The molecule has 150 valence electrons. The van der Waals surface area contributed by atoms with Crippen molar-refractivity contribution in [2.45, 2.75) is 19.3 Å². The minimum atomic E-state index is -0.492. The molecule has 0 spiro atoms. The summed E-state index contributed by atoms with van der Waals surface area (Å²) in [4.78, 5) is 25.9. The molecule has 1 aromatic heterocycles. The lowest BCUT2D eigenvalue weighted by atomic mass is 10.2. The lowest BCUT2D eigenvalue weighted by Crippen LogP contribution is -2.14. The second-order valence-corrected chi connectivity index (χ2v) is 7.39. The Morgan fingerprint density at radius 1 is 1.07 bits per heavy atom. The average Bonchev–Trinajstić information content (AvgIpc) is 3.22. The van der Waals surface area contributed by atoms with Crippen LogP contribution in [0.1, 0.15) is 28.1 Å². The Morgan fingerprint density at radius 2 is 1.93 bits per heavy atom. The Balaban J connectivity index is 1.63. The van der Waals surface area contributed by atoms with Crippen molar-refractivity contribution in [3.63, 3.8) is 0 Å². The van der Waals surface area contributed by atoms with Crippen LogP contribution in [-0.2, 0) is 11.2 Å². The number of hydrogen-bond donors (Lipinski definition) is 2. The maximum atomic E-state index is 13.4. The molecule has 3 aromatic rings. The van der Waals surface area contributed by atoms with E-state index in [1.165, 1.54) is 30.2 Å². The van der Waals surface area contributed by atoms with E-state index in [2.05, 4.69) is 16.7 Å². The highest BCUT2D eigenvalue weighted by atomic mass is 32.1. The first-order chi connectivity index (χ1) is 14.0. The second-order valence-electron chi connectivity index (χ2n) is 6.36. The lowest BCUT2D eigenvalue weighted by Gasteiger charge is -2.13. The van der Waals surface area contributed by atoms with Gasteiger partial charge in [0, 0.05) is 22.5 Å². The smallest absolute Gasteiger partial charge is 0.255 e. The highest BCUT2D eigenvalue weighted by Crippen LogP contribution is 2.28. The number of methoxy groups -OCH3 is 1. The Morgan fingerprint density at radius 3 is 2.66 bits per heavy atom. The number of halogens is 1. The van der Waals surface area contributed by atoms with Crippen LogP contribution in [0.25, 0.3) is 0 Å². The Kier molecular flexibility index (Phi) is 6.97. The second kappa shape index (κ2) is 9.84. The maximum Gasteiger partial charge on any atom is 0.255 e. The van der Waals surface area contributed by atoms with Crippen LogP contribution in [0.15, 0.2) is 60.0 Å². The molecule has 0 saturated heterocycles. The van der Waals surface area contributed by atoms with Gasteiger partial charge in [-0.2, -0.15) is 0 Å². The molecule has 2 aromatic carbocycles. The van der Waals surface area contributed by atoms with Crippen LogP contribution in [-0.4, -0.2) is 18.9 Å². The number of thiophene rings is 1. The fraction of sp³-hybridized carbons (Fsp3) is 0.182. The van der Waals surface area contributed by atoms with E-state index in [1.807, 2.05) is 11.4 Å².